The minimum absolute atomic E-state index is 0.0909. The van der Waals surface area contributed by atoms with Crippen molar-refractivity contribution in [1.82, 2.24) is 9.13 Å². The summed E-state index contributed by atoms with van der Waals surface area (Å²) < 4.78 is 14.1. The molecular weight excluding hydrogens is 494 g/mol. The van der Waals surface area contributed by atoms with Gasteiger partial charge in [-0.3, -0.25) is 13.9 Å². The van der Waals surface area contributed by atoms with E-state index in [0.717, 1.165) is 15.7 Å². The van der Waals surface area contributed by atoms with Crippen LogP contribution in [0.3, 0.4) is 0 Å². The summed E-state index contributed by atoms with van der Waals surface area (Å²) in [6, 6.07) is 26.5. The van der Waals surface area contributed by atoms with E-state index in [1.807, 2.05) is 84.9 Å². The van der Waals surface area contributed by atoms with Crippen LogP contribution in [0.1, 0.15) is 35.1 Å². The van der Waals surface area contributed by atoms with E-state index in [9.17, 15) is 14.4 Å². The highest BCUT2D eigenvalue weighted by molar-refractivity contribution is 5.94. The molecule has 0 amide bonds. The first kappa shape index (κ1) is 25.8. The van der Waals surface area contributed by atoms with Crippen LogP contribution in [-0.4, -0.2) is 15.1 Å². The first-order valence-corrected chi connectivity index (χ1v) is 12.6. The number of anilines is 1. The zero-order valence-corrected chi connectivity index (χ0v) is 22.0. The second-order valence-corrected chi connectivity index (χ2v) is 9.47. The number of hydrogen-bond donors (Lipinski definition) is 1. The van der Waals surface area contributed by atoms with Gasteiger partial charge in [0, 0.05) is 19.8 Å². The van der Waals surface area contributed by atoms with Gasteiger partial charge in [0.05, 0.1) is 17.1 Å². The van der Waals surface area contributed by atoms with Gasteiger partial charge in [0.1, 0.15) is 24.8 Å². The Morgan fingerprint density at radius 2 is 1.41 bits per heavy atom. The van der Waals surface area contributed by atoms with Gasteiger partial charge in [-0.2, -0.15) is 0 Å². The van der Waals surface area contributed by atoms with Crippen molar-refractivity contribution in [2.24, 2.45) is 14.1 Å². The van der Waals surface area contributed by atoms with E-state index in [-0.39, 0.29) is 6.61 Å². The van der Waals surface area contributed by atoms with Crippen LogP contribution in [0.5, 0.6) is 5.75 Å². The number of hydrogen-bond acceptors (Lipinski definition) is 6. The molecule has 0 aliphatic carbocycles. The summed E-state index contributed by atoms with van der Waals surface area (Å²) in [6.07, 6.45) is 0. The Morgan fingerprint density at radius 1 is 0.821 bits per heavy atom. The first-order chi connectivity index (χ1) is 18.8. The van der Waals surface area contributed by atoms with Crippen molar-refractivity contribution < 1.29 is 14.3 Å². The molecule has 1 aliphatic rings. The minimum atomic E-state index is -0.752. The number of allylic oxidation sites excluding steroid dienone is 1. The lowest BCUT2D eigenvalue weighted by molar-refractivity contribution is -0.140. The molecule has 2 heterocycles. The first-order valence-electron chi connectivity index (χ1n) is 12.6. The third-order valence-electron chi connectivity index (χ3n) is 6.88. The van der Waals surface area contributed by atoms with E-state index in [0.29, 0.717) is 40.6 Å². The Balaban J connectivity index is 1.53. The average molecular weight is 524 g/mol. The van der Waals surface area contributed by atoms with E-state index >= 15 is 0 Å². The molecule has 0 saturated heterocycles. The molecule has 0 spiro atoms. The Kier molecular flexibility index (Phi) is 7.19. The highest BCUT2D eigenvalue weighted by Gasteiger charge is 2.37. The van der Waals surface area contributed by atoms with Crippen LogP contribution < -0.4 is 21.3 Å². The molecule has 1 N–H and O–H groups in total. The summed E-state index contributed by atoms with van der Waals surface area (Å²) in [5, 5.41) is 3.12. The van der Waals surface area contributed by atoms with E-state index in [1.54, 1.807) is 14.0 Å². The molecule has 198 valence electrons. The molecule has 3 aromatic carbocycles. The number of nitrogens with one attached hydrogen (secondary N) is 1. The summed E-state index contributed by atoms with van der Waals surface area (Å²) >= 11 is 0. The Morgan fingerprint density at radius 3 is 2.03 bits per heavy atom. The Labute approximate surface area is 225 Å². The molecule has 5 rings (SSSR count). The zero-order valence-electron chi connectivity index (χ0n) is 22.0. The largest absolute Gasteiger partial charge is 0.489 e. The van der Waals surface area contributed by atoms with Crippen LogP contribution in [0.4, 0.5) is 5.82 Å². The van der Waals surface area contributed by atoms with Crippen molar-refractivity contribution in [2.45, 2.75) is 26.1 Å². The molecule has 0 radical (unpaired) electrons. The monoisotopic (exact) mass is 523 g/mol. The molecule has 8 heteroatoms. The number of rotatable bonds is 7. The molecule has 0 fully saturated rings. The second kappa shape index (κ2) is 10.9. The van der Waals surface area contributed by atoms with Crippen LogP contribution in [0, 0.1) is 0 Å². The second-order valence-electron chi connectivity index (χ2n) is 9.47. The van der Waals surface area contributed by atoms with E-state index in [4.69, 9.17) is 9.47 Å². The van der Waals surface area contributed by atoms with Gasteiger partial charge < -0.3 is 14.8 Å². The van der Waals surface area contributed by atoms with Crippen LogP contribution >= 0.6 is 0 Å². The van der Waals surface area contributed by atoms with E-state index in [1.165, 1.54) is 11.6 Å². The lowest BCUT2D eigenvalue weighted by atomic mass is 9.82. The van der Waals surface area contributed by atoms with Crippen LogP contribution in [0.25, 0.3) is 0 Å². The molecule has 0 saturated carbocycles. The normalized spacial score (nSPS) is 14.4. The van der Waals surface area contributed by atoms with Crippen molar-refractivity contribution in [2.75, 3.05) is 5.32 Å². The lowest BCUT2D eigenvalue weighted by Crippen LogP contribution is -2.43. The molecule has 1 aliphatic heterocycles. The van der Waals surface area contributed by atoms with Gasteiger partial charge in [-0.05, 0) is 35.7 Å². The molecule has 1 unspecified atom stereocenters. The van der Waals surface area contributed by atoms with Gasteiger partial charge in [0.25, 0.3) is 5.56 Å². The maximum Gasteiger partial charge on any atom is 0.337 e. The van der Waals surface area contributed by atoms with Crippen molar-refractivity contribution in [3.05, 3.63) is 139 Å². The molecule has 1 atom stereocenters. The van der Waals surface area contributed by atoms with Crippen molar-refractivity contribution >= 4 is 11.8 Å². The van der Waals surface area contributed by atoms with Crippen LogP contribution in [-0.2, 0) is 36.8 Å². The maximum atomic E-state index is 13.5. The summed E-state index contributed by atoms with van der Waals surface area (Å²) in [7, 11) is 3.03. The summed E-state index contributed by atoms with van der Waals surface area (Å²) in [4.78, 5) is 39.7. The lowest BCUT2D eigenvalue weighted by Gasteiger charge is -2.31. The Bertz CT molecular complexity index is 1650. The summed E-state index contributed by atoms with van der Waals surface area (Å²) in [5.74, 6) is -0.286. The average Bonchev–Trinajstić information content (AvgIpc) is 2.97. The predicted molar refractivity (Wildman–Crippen MR) is 149 cm³/mol. The number of carbonyl (C=O) groups excluding carboxylic acids is 1. The van der Waals surface area contributed by atoms with E-state index in [2.05, 4.69) is 5.32 Å². The molecule has 0 bridgehead atoms. The zero-order chi connectivity index (χ0) is 27.5. The standard InChI is InChI=1S/C31H29N3O5/c1-20-25(30(36)39-19-22-12-8-5-9-13-22)26(27-28(32-20)33(2)31(37)34(3)29(27)35)23-14-16-24(17-15-23)38-18-21-10-6-4-7-11-21/h4-17,26,32H,18-19H2,1-3H3. The fourth-order valence-electron chi connectivity index (χ4n) is 4.79. The van der Waals surface area contributed by atoms with Gasteiger partial charge in [-0.25, -0.2) is 9.59 Å². The highest BCUT2D eigenvalue weighted by atomic mass is 16.5. The highest BCUT2D eigenvalue weighted by Crippen LogP contribution is 2.40. The smallest absolute Gasteiger partial charge is 0.337 e. The summed E-state index contributed by atoms with van der Waals surface area (Å²) in [6.45, 7) is 2.25. The molecule has 8 nitrogen and oxygen atoms in total. The Hall–Kier alpha value is -4.85. The van der Waals surface area contributed by atoms with Crippen LogP contribution in [0.15, 0.2) is 106 Å². The fourth-order valence-corrected chi connectivity index (χ4v) is 4.79. The van der Waals surface area contributed by atoms with Crippen molar-refractivity contribution in [3.8, 4) is 5.75 Å². The third kappa shape index (κ3) is 5.13. The van der Waals surface area contributed by atoms with Crippen molar-refractivity contribution in [3.63, 3.8) is 0 Å². The topological polar surface area (TPSA) is 91.6 Å². The van der Waals surface area contributed by atoms with Gasteiger partial charge in [0.2, 0.25) is 0 Å². The fraction of sp³-hybridized carbons (Fsp3) is 0.194. The summed E-state index contributed by atoms with van der Waals surface area (Å²) in [5.41, 5.74) is 2.78. The number of benzene rings is 3. The van der Waals surface area contributed by atoms with Gasteiger partial charge in [0.15, 0.2) is 0 Å². The molecular formula is C31H29N3O5. The van der Waals surface area contributed by atoms with Crippen molar-refractivity contribution in [1.29, 1.82) is 0 Å². The minimum Gasteiger partial charge on any atom is -0.489 e. The van der Waals surface area contributed by atoms with Crippen LogP contribution in [0.2, 0.25) is 0 Å². The van der Waals surface area contributed by atoms with Gasteiger partial charge in [-0.15, -0.1) is 0 Å². The number of fused-ring (bicyclic) bond motifs is 1. The number of ether oxygens (including phenoxy) is 2. The number of nitrogens with zero attached hydrogens (tertiary/aromatic N) is 2. The molecule has 39 heavy (non-hydrogen) atoms. The predicted octanol–water partition coefficient (Wildman–Crippen LogP) is 4.24. The molecule has 4 aromatic rings. The quantitative estimate of drug-likeness (QED) is 0.365. The SMILES string of the molecule is CC1=C(C(=O)OCc2ccccc2)C(c2ccc(OCc3ccccc3)cc2)c2c(n(C)c(=O)n(C)c2=O)N1. The van der Waals surface area contributed by atoms with Gasteiger partial charge in [-0.1, -0.05) is 72.8 Å². The number of carbonyl (C=O) groups is 1. The van der Waals surface area contributed by atoms with Gasteiger partial charge >= 0.3 is 11.7 Å². The third-order valence-corrected chi connectivity index (χ3v) is 6.88. The van der Waals surface area contributed by atoms with E-state index < -0.39 is 23.1 Å². The number of esters is 1. The number of aromatic nitrogens is 2. The molecule has 1 aromatic heterocycles. The maximum absolute atomic E-state index is 13.5.